The summed E-state index contributed by atoms with van der Waals surface area (Å²) in [6.45, 7) is 8.89. The van der Waals surface area contributed by atoms with Gasteiger partial charge in [0.05, 0.1) is 13.7 Å². The number of hydrogen-bond donors (Lipinski definition) is 1. The number of rotatable bonds is 7. The van der Waals surface area contributed by atoms with E-state index in [1.807, 2.05) is 12.1 Å². The van der Waals surface area contributed by atoms with Crippen LogP contribution in [0, 0.1) is 5.92 Å². The maximum Gasteiger partial charge on any atom is 0.127 e. The van der Waals surface area contributed by atoms with Crippen LogP contribution >= 0.6 is 0 Å². The lowest BCUT2D eigenvalue weighted by atomic mass is 10.2. The summed E-state index contributed by atoms with van der Waals surface area (Å²) in [5.74, 6) is 2.27. The molecule has 0 spiro atoms. The molecule has 0 aromatic heterocycles. The van der Waals surface area contributed by atoms with Crippen molar-refractivity contribution in [1.29, 1.82) is 0 Å². The van der Waals surface area contributed by atoms with Crippen molar-refractivity contribution >= 4 is 0 Å². The number of methoxy groups -OCH3 is 1. The Morgan fingerprint density at radius 3 is 2.65 bits per heavy atom. The van der Waals surface area contributed by atoms with Gasteiger partial charge < -0.3 is 14.8 Å². The molecule has 96 valence electrons. The van der Waals surface area contributed by atoms with Crippen molar-refractivity contribution in [2.75, 3.05) is 20.3 Å². The average molecular weight is 237 g/mol. The molecule has 1 aromatic carbocycles. The lowest BCUT2D eigenvalue weighted by molar-refractivity contribution is 0.266. The van der Waals surface area contributed by atoms with Crippen LogP contribution in [0.5, 0.6) is 11.5 Å². The fourth-order valence-electron chi connectivity index (χ4n) is 1.46. The minimum absolute atomic E-state index is 0.521. The van der Waals surface area contributed by atoms with Gasteiger partial charge in [-0.3, -0.25) is 0 Å². The Bertz CT molecular complexity index is 337. The zero-order valence-electron chi connectivity index (χ0n) is 11.2. The number of benzene rings is 1. The van der Waals surface area contributed by atoms with E-state index >= 15 is 0 Å². The van der Waals surface area contributed by atoms with Crippen molar-refractivity contribution < 1.29 is 9.47 Å². The Balaban J connectivity index is 2.78. The van der Waals surface area contributed by atoms with Gasteiger partial charge >= 0.3 is 0 Å². The van der Waals surface area contributed by atoms with Crippen LogP contribution in [0.3, 0.4) is 0 Å². The van der Waals surface area contributed by atoms with Gasteiger partial charge in [0.1, 0.15) is 11.5 Å². The predicted octanol–water partition coefficient (Wildman–Crippen LogP) is 2.84. The molecule has 0 amide bonds. The van der Waals surface area contributed by atoms with E-state index in [0.29, 0.717) is 5.92 Å². The fourth-order valence-corrected chi connectivity index (χ4v) is 1.46. The van der Waals surface area contributed by atoms with E-state index in [1.165, 1.54) is 5.56 Å². The van der Waals surface area contributed by atoms with Gasteiger partial charge in [-0.15, -0.1) is 0 Å². The van der Waals surface area contributed by atoms with Gasteiger partial charge in [0, 0.05) is 18.2 Å². The smallest absolute Gasteiger partial charge is 0.127 e. The van der Waals surface area contributed by atoms with Crippen molar-refractivity contribution in [1.82, 2.24) is 5.32 Å². The van der Waals surface area contributed by atoms with Gasteiger partial charge in [0.25, 0.3) is 0 Å². The molecule has 0 saturated carbocycles. The summed E-state index contributed by atoms with van der Waals surface area (Å²) in [5, 5.41) is 3.31. The van der Waals surface area contributed by atoms with Crippen molar-refractivity contribution in [2.45, 2.75) is 27.3 Å². The normalized spacial score (nSPS) is 10.6. The molecular formula is C14H23NO2. The second-order valence-corrected chi connectivity index (χ2v) is 4.46. The minimum Gasteiger partial charge on any atom is -0.497 e. The molecule has 0 aliphatic carbocycles. The van der Waals surface area contributed by atoms with Crippen LogP contribution < -0.4 is 14.8 Å². The third-order valence-electron chi connectivity index (χ3n) is 2.41. The summed E-state index contributed by atoms with van der Waals surface area (Å²) in [7, 11) is 1.67. The highest BCUT2D eigenvalue weighted by Crippen LogP contribution is 2.25. The topological polar surface area (TPSA) is 30.5 Å². The molecule has 1 aromatic rings. The molecule has 0 aliphatic heterocycles. The Kier molecular flexibility index (Phi) is 5.84. The summed E-state index contributed by atoms with van der Waals surface area (Å²) in [6.07, 6.45) is 0. The van der Waals surface area contributed by atoms with Crippen LogP contribution in [-0.4, -0.2) is 20.3 Å². The predicted molar refractivity (Wildman–Crippen MR) is 70.7 cm³/mol. The van der Waals surface area contributed by atoms with E-state index < -0.39 is 0 Å². The summed E-state index contributed by atoms with van der Waals surface area (Å²) < 4.78 is 11.0. The third-order valence-corrected chi connectivity index (χ3v) is 2.41. The number of ether oxygens (including phenoxy) is 2. The molecule has 0 saturated heterocycles. The van der Waals surface area contributed by atoms with Gasteiger partial charge in [-0.25, -0.2) is 0 Å². The molecule has 1 N–H and O–H groups in total. The molecule has 0 radical (unpaired) electrons. The van der Waals surface area contributed by atoms with E-state index in [1.54, 1.807) is 7.11 Å². The number of hydrogen-bond acceptors (Lipinski definition) is 3. The molecule has 0 heterocycles. The largest absolute Gasteiger partial charge is 0.497 e. The lowest BCUT2D eigenvalue weighted by Gasteiger charge is -2.14. The maximum absolute atomic E-state index is 5.82. The van der Waals surface area contributed by atoms with Crippen LogP contribution in [0.25, 0.3) is 0 Å². The van der Waals surface area contributed by atoms with Crippen molar-refractivity contribution in [2.24, 2.45) is 5.92 Å². The molecule has 1 rings (SSSR count). The molecule has 3 heteroatoms. The second kappa shape index (κ2) is 7.17. The first-order chi connectivity index (χ1) is 8.17. The van der Waals surface area contributed by atoms with E-state index in [-0.39, 0.29) is 0 Å². The summed E-state index contributed by atoms with van der Waals surface area (Å²) >= 11 is 0. The SMILES string of the molecule is CCNCc1ccc(OC)cc1OCC(C)C. The summed E-state index contributed by atoms with van der Waals surface area (Å²) in [6, 6.07) is 5.97. The first-order valence-electron chi connectivity index (χ1n) is 6.17. The van der Waals surface area contributed by atoms with E-state index in [9.17, 15) is 0 Å². The average Bonchev–Trinajstić information content (AvgIpc) is 2.34. The Morgan fingerprint density at radius 1 is 1.29 bits per heavy atom. The van der Waals surface area contributed by atoms with Gasteiger partial charge in [-0.05, 0) is 18.5 Å². The molecule has 0 aliphatic rings. The Labute approximate surface area is 104 Å². The van der Waals surface area contributed by atoms with E-state index in [4.69, 9.17) is 9.47 Å². The van der Waals surface area contributed by atoms with Crippen LogP contribution in [0.2, 0.25) is 0 Å². The van der Waals surface area contributed by atoms with Crippen LogP contribution in [-0.2, 0) is 6.54 Å². The quantitative estimate of drug-likeness (QED) is 0.791. The van der Waals surface area contributed by atoms with Gasteiger partial charge in [0.15, 0.2) is 0 Å². The van der Waals surface area contributed by atoms with Crippen molar-refractivity contribution in [3.63, 3.8) is 0 Å². The molecule has 3 nitrogen and oxygen atoms in total. The highest BCUT2D eigenvalue weighted by Gasteiger charge is 2.06. The van der Waals surface area contributed by atoms with E-state index in [0.717, 1.165) is 31.2 Å². The molecule has 0 bridgehead atoms. The van der Waals surface area contributed by atoms with Crippen molar-refractivity contribution in [3.05, 3.63) is 23.8 Å². The minimum atomic E-state index is 0.521. The summed E-state index contributed by atoms with van der Waals surface area (Å²) in [5.41, 5.74) is 1.17. The number of nitrogens with one attached hydrogen (secondary N) is 1. The first kappa shape index (κ1) is 13.8. The lowest BCUT2D eigenvalue weighted by Crippen LogP contribution is -2.14. The van der Waals surface area contributed by atoms with Crippen LogP contribution in [0.4, 0.5) is 0 Å². The highest BCUT2D eigenvalue weighted by atomic mass is 16.5. The zero-order chi connectivity index (χ0) is 12.7. The first-order valence-corrected chi connectivity index (χ1v) is 6.17. The molecule has 17 heavy (non-hydrogen) atoms. The maximum atomic E-state index is 5.82. The van der Waals surface area contributed by atoms with Gasteiger partial charge in [0.2, 0.25) is 0 Å². The molecule has 0 unspecified atom stereocenters. The fraction of sp³-hybridized carbons (Fsp3) is 0.571. The molecule has 0 fully saturated rings. The Hall–Kier alpha value is -1.22. The summed E-state index contributed by atoms with van der Waals surface area (Å²) in [4.78, 5) is 0. The zero-order valence-corrected chi connectivity index (χ0v) is 11.2. The third kappa shape index (κ3) is 4.65. The molecule has 0 atom stereocenters. The van der Waals surface area contributed by atoms with Crippen LogP contribution in [0.1, 0.15) is 26.3 Å². The van der Waals surface area contributed by atoms with Crippen molar-refractivity contribution in [3.8, 4) is 11.5 Å². The molecular weight excluding hydrogens is 214 g/mol. The highest BCUT2D eigenvalue weighted by molar-refractivity contribution is 5.40. The van der Waals surface area contributed by atoms with Gasteiger partial charge in [-0.1, -0.05) is 26.8 Å². The Morgan fingerprint density at radius 2 is 2.06 bits per heavy atom. The monoisotopic (exact) mass is 237 g/mol. The van der Waals surface area contributed by atoms with Gasteiger partial charge in [-0.2, -0.15) is 0 Å². The second-order valence-electron chi connectivity index (χ2n) is 4.46. The standard InChI is InChI=1S/C14H23NO2/c1-5-15-9-12-6-7-13(16-4)8-14(12)17-10-11(2)3/h6-8,11,15H,5,9-10H2,1-4H3. The van der Waals surface area contributed by atoms with Crippen LogP contribution in [0.15, 0.2) is 18.2 Å². The van der Waals surface area contributed by atoms with E-state index in [2.05, 4.69) is 32.2 Å².